The number of carbonyl (C=O) groups excluding carboxylic acids is 3. The molecule has 346 valence electrons. The molecule has 8 rings (SSSR count). The molecule has 9 N–H and O–H groups in total. The normalized spacial score (nSPS) is 17.2. The number of aromatic hydroxyl groups is 1. The number of benzene rings is 3. The van der Waals surface area contributed by atoms with Crippen molar-refractivity contribution in [2.75, 3.05) is 48.8 Å². The van der Waals surface area contributed by atoms with Crippen LogP contribution in [-0.4, -0.2) is 93.8 Å². The molecule has 2 aromatic heterocycles. The standard InChI is InChI=1S/C23H33N5O2S.C21H23N5O2.C4H5FO/c1-14-19(31-13-27-14)15-8-9-16(17(24)11-15)12-26-21(29)18-7-6-10-28(18)22(30)20(25-5)23(2,3)4;22-14-5-7-15(8-6-14)28-16-9-11-26(12-10-16)19-13-18(24-25-21(19)23)17-3-1-2-4-20(17)27;5-4(3-6)1-2-4/h8-9,11,13,18,20,25H,6-7,10,12,24H2,1-5H3,(H,26,29);1-8,13,16,27H,9-12,22H2,(H2,23,25);3H,1-2H2/t18?,20-;;/m1../s1. The van der Waals surface area contributed by atoms with Gasteiger partial charge in [0.05, 0.1) is 33.5 Å². The van der Waals surface area contributed by atoms with Crippen LogP contribution >= 0.6 is 11.3 Å². The fourth-order valence-corrected chi connectivity index (χ4v) is 8.63. The monoisotopic (exact) mass is 908 g/mol. The maximum atomic E-state index is 13.1. The molecule has 0 spiro atoms. The highest BCUT2D eigenvalue weighted by molar-refractivity contribution is 7.13. The number of phenols is 1. The third-order valence-corrected chi connectivity index (χ3v) is 12.7. The lowest BCUT2D eigenvalue weighted by molar-refractivity contribution is -0.142. The van der Waals surface area contributed by atoms with E-state index < -0.39 is 11.7 Å². The Labute approximate surface area is 384 Å². The summed E-state index contributed by atoms with van der Waals surface area (Å²) < 4.78 is 17.9. The average molecular weight is 909 g/mol. The van der Waals surface area contributed by atoms with Gasteiger partial charge < -0.3 is 47.5 Å². The first-order valence-corrected chi connectivity index (χ1v) is 22.8. The third kappa shape index (κ3) is 12.5. The number of amides is 2. The van der Waals surface area contributed by atoms with Crippen molar-refractivity contribution in [1.29, 1.82) is 0 Å². The summed E-state index contributed by atoms with van der Waals surface area (Å²) in [5, 5.41) is 24.4. The quantitative estimate of drug-likeness (QED) is 0.0601. The number of nitrogens with one attached hydrogen (secondary N) is 2. The molecule has 1 aliphatic carbocycles. The number of likely N-dealkylation sites (tertiary alicyclic amines) is 1. The molecule has 0 bridgehead atoms. The van der Waals surface area contributed by atoms with Gasteiger partial charge in [-0.2, -0.15) is 0 Å². The van der Waals surface area contributed by atoms with E-state index in [1.54, 1.807) is 35.4 Å². The molecular formula is C48H61FN10O5S. The van der Waals surface area contributed by atoms with E-state index in [0.717, 1.165) is 71.2 Å². The fourth-order valence-electron chi connectivity index (χ4n) is 7.83. The molecule has 2 aliphatic heterocycles. The highest BCUT2D eigenvalue weighted by atomic mass is 32.1. The highest BCUT2D eigenvalue weighted by Crippen LogP contribution is 2.37. The number of alkyl halides is 1. The number of thiazole rings is 1. The summed E-state index contributed by atoms with van der Waals surface area (Å²) in [7, 11) is 1.79. The van der Waals surface area contributed by atoms with Crippen molar-refractivity contribution in [1.82, 2.24) is 30.7 Å². The van der Waals surface area contributed by atoms with Gasteiger partial charge in [0.25, 0.3) is 0 Å². The first-order valence-electron chi connectivity index (χ1n) is 21.9. The number of nitrogen functional groups attached to an aromatic ring is 3. The molecule has 0 radical (unpaired) electrons. The molecule has 2 amide bonds. The van der Waals surface area contributed by atoms with Crippen LogP contribution in [0.5, 0.6) is 11.5 Å². The molecule has 3 fully saturated rings. The Kier molecular flexibility index (Phi) is 15.6. The van der Waals surface area contributed by atoms with Crippen molar-refractivity contribution in [2.24, 2.45) is 5.41 Å². The van der Waals surface area contributed by atoms with Gasteiger partial charge in [0.1, 0.15) is 23.6 Å². The number of nitrogens with two attached hydrogens (primary N) is 3. The summed E-state index contributed by atoms with van der Waals surface area (Å²) in [4.78, 5) is 44.8. The number of hydrogen-bond donors (Lipinski definition) is 6. The van der Waals surface area contributed by atoms with Crippen LogP contribution in [0.4, 0.5) is 27.3 Å². The van der Waals surface area contributed by atoms with Crippen molar-refractivity contribution in [3.8, 4) is 33.2 Å². The molecule has 15 nitrogen and oxygen atoms in total. The van der Waals surface area contributed by atoms with Crippen molar-refractivity contribution >= 4 is 52.3 Å². The molecule has 2 saturated heterocycles. The van der Waals surface area contributed by atoms with E-state index in [1.165, 1.54) is 0 Å². The number of ether oxygens (including phenoxy) is 1. The fraction of sp³-hybridized carbons (Fsp3) is 0.417. The number of rotatable bonds is 11. The van der Waals surface area contributed by atoms with E-state index in [0.29, 0.717) is 61.4 Å². The number of halogens is 1. The van der Waals surface area contributed by atoms with Gasteiger partial charge in [0.15, 0.2) is 17.8 Å². The number of hydrogen-bond acceptors (Lipinski definition) is 14. The number of phenolic OH excluding ortho intramolecular Hbond substituents is 1. The lowest BCUT2D eigenvalue weighted by Gasteiger charge is -2.34. The number of aldehydes is 1. The number of nitrogens with zero attached hydrogens (tertiary/aromatic N) is 5. The summed E-state index contributed by atoms with van der Waals surface area (Å²) in [5.41, 5.74) is 24.6. The number of anilines is 4. The van der Waals surface area contributed by atoms with Gasteiger partial charge in [-0.3, -0.25) is 14.4 Å². The maximum Gasteiger partial charge on any atom is 0.243 e. The largest absolute Gasteiger partial charge is 0.507 e. The van der Waals surface area contributed by atoms with Crippen LogP contribution in [0, 0.1) is 12.3 Å². The van der Waals surface area contributed by atoms with Crippen LogP contribution in [0.25, 0.3) is 21.7 Å². The third-order valence-electron chi connectivity index (χ3n) is 11.7. The zero-order valence-corrected chi connectivity index (χ0v) is 38.5. The predicted octanol–water partition coefficient (Wildman–Crippen LogP) is 6.69. The van der Waals surface area contributed by atoms with E-state index in [1.807, 2.05) is 93.9 Å². The lowest BCUT2D eigenvalue weighted by atomic mass is 9.86. The van der Waals surface area contributed by atoms with E-state index in [2.05, 4.69) is 30.7 Å². The summed E-state index contributed by atoms with van der Waals surface area (Å²) >= 11 is 1.58. The highest BCUT2D eigenvalue weighted by Gasteiger charge is 2.43. The average Bonchev–Trinajstić information content (AvgIpc) is 3.60. The van der Waals surface area contributed by atoms with Gasteiger partial charge in [-0.1, -0.05) is 45.0 Å². The minimum absolute atomic E-state index is 0.0172. The van der Waals surface area contributed by atoms with Crippen molar-refractivity contribution < 1.29 is 28.6 Å². The second-order valence-corrected chi connectivity index (χ2v) is 18.6. The van der Waals surface area contributed by atoms with Crippen LogP contribution in [0.1, 0.15) is 70.6 Å². The second-order valence-electron chi connectivity index (χ2n) is 17.7. The van der Waals surface area contributed by atoms with E-state index in [9.17, 15) is 23.9 Å². The number of piperidine rings is 1. The first-order chi connectivity index (χ1) is 31.0. The smallest absolute Gasteiger partial charge is 0.243 e. The number of aromatic nitrogens is 3. The molecule has 1 saturated carbocycles. The molecular weight excluding hydrogens is 848 g/mol. The van der Waals surface area contributed by atoms with Crippen LogP contribution in [-0.2, 0) is 20.9 Å². The minimum atomic E-state index is -1.39. The van der Waals surface area contributed by atoms with E-state index in [4.69, 9.17) is 21.9 Å². The van der Waals surface area contributed by atoms with Gasteiger partial charge in [0.2, 0.25) is 11.8 Å². The Morgan fingerprint density at radius 3 is 2.29 bits per heavy atom. The van der Waals surface area contributed by atoms with Crippen molar-refractivity contribution in [2.45, 2.75) is 96.6 Å². The summed E-state index contributed by atoms with van der Waals surface area (Å²) in [5.74, 6) is 1.24. The maximum absolute atomic E-state index is 13.1. The number of carbonyl (C=O) groups is 3. The molecule has 1 unspecified atom stereocenters. The number of aryl methyl sites for hydroxylation is 1. The molecule has 5 aromatic rings. The molecule has 65 heavy (non-hydrogen) atoms. The summed E-state index contributed by atoms with van der Waals surface area (Å²) in [6.07, 6.45) is 4.66. The van der Waals surface area contributed by atoms with E-state index >= 15 is 0 Å². The Morgan fingerprint density at radius 1 is 1.00 bits per heavy atom. The topological polar surface area (TPSA) is 228 Å². The van der Waals surface area contributed by atoms with Crippen molar-refractivity contribution in [3.63, 3.8) is 0 Å². The zero-order chi connectivity index (χ0) is 46.9. The van der Waals surface area contributed by atoms with Crippen molar-refractivity contribution in [3.05, 3.63) is 89.6 Å². The Bertz CT molecular complexity index is 2410. The van der Waals surface area contributed by atoms with Crippen LogP contribution in [0.3, 0.4) is 0 Å². The van der Waals surface area contributed by atoms with Gasteiger partial charge in [-0.15, -0.1) is 21.5 Å². The number of para-hydroxylation sites is 1. The Balaban J connectivity index is 0.000000191. The molecule has 3 aromatic carbocycles. The minimum Gasteiger partial charge on any atom is -0.507 e. The molecule has 17 heteroatoms. The van der Waals surface area contributed by atoms with Crippen LogP contribution < -0.4 is 37.5 Å². The SMILES string of the molecule is CN[C@H](C(=O)N1CCCC1C(=O)NCc1ccc(-c2scnc2C)cc1N)C(C)(C)C.Nc1ccc(OC2CCN(c3cc(-c4ccccc4O)nnc3N)CC2)cc1.O=CC1(F)CC1. The van der Waals surface area contributed by atoms with E-state index in [-0.39, 0.29) is 35.1 Å². The predicted molar refractivity (Wildman–Crippen MR) is 255 cm³/mol. The van der Waals surface area contributed by atoms with Gasteiger partial charge in [0, 0.05) is 56.0 Å². The second kappa shape index (κ2) is 21.1. The van der Waals surface area contributed by atoms with Gasteiger partial charge in [-0.25, -0.2) is 9.37 Å². The molecule has 3 aliphatic rings. The van der Waals surface area contributed by atoms with Crippen LogP contribution in [0.15, 0.2) is 78.3 Å². The van der Waals surface area contributed by atoms with Gasteiger partial charge in [-0.05, 0) is 105 Å². The summed E-state index contributed by atoms with van der Waals surface area (Å²) in [6.45, 7) is 10.6. The van der Waals surface area contributed by atoms with Crippen LogP contribution in [0.2, 0.25) is 0 Å². The molecule has 2 atom stereocenters. The summed E-state index contributed by atoms with van der Waals surface area (Å²) in [6, 6.07) is 21.5. The number of likely N-dealkylation sites (N-methyl/N-ethyl adjacent to an activating group) is 1. The van der Waals surface area contributed by atoms with Gasteiger partial charge >= 0.3 is 0 Å². The zero-order valence-electron chi connectivity index (χ0n) is 37.7. The Hall–Kier alpha value is -6.33. The molecule has 4 heterocycles. The Morgan fingerprint density at radius 2 is 1.71 bits per heavy atom. The lowest BCUT2D eigenvalue weighted by Crippen LogP contribution is -2.55. The first kappa shape index (κ1) is 48.1.